The van der Waals surface area contributed by atoms with E-state index in [1.54, 1.807) is 13.3 Å². The van der Waals surface area contributed by atoms with Crippen molar-refractivity contribution < 1.29 is 24.9 Å². The molecule has 0 aliphatic carbocycles. The van der Waals surface area contributed by atoms with Crippen LogP contribution in [-0.2, 0) is 16.1 Å². The summed E-state index contributed by atoms with van der Waals surface area (Å²) in [5.41, 5.74) is -1.31. The molecule has 3 rings (SSSR count). The molecule has 2 aliphatic rings. The third-order valence-corrected chi connectivity index (χ3v) is 5.18. The average Bonchev–Trinajstić information content (AvgIpc) is 2.97. The molecule has 2 aliphatic heterocycles. The van der Waals surface area contributed by atoms with Gasteiger partial charge in [-0.1, -0.05) is 0 Å². The molecule has 0 bridgehead atoms. The molecule has 25 heavy (non-hydrogen) atoms. The monoisotopic (exact) mass is 356 g/mol. The maximum atomic E-state index is 10.3. The molecule has 1 aromatic rings. The Morgan fingerprint density at radius 2 is 2.04 bits per heavy atom. The SMILES string of the molecule is Cc1nncn1CCN1CCC2(CC1)C[C@](C)(O)[C@@H](O)CO2.O=CO. The van der Waals surface area contributed by atoms with E-state index in [1.807, 2.05) is 6.92 Å². The number of aliphatic hydroxyl groups is 2. The van der Waals surface area contributed by atoms with E-state index in [9.17, 15) is 10.2 Å². The molecule has 0 saturated carbocycles. The predicted octanol–water partition coefficient (Wildman–Crippen LogP) is -0.346. The summed E-state index contributed by atoms with van der Waals surface area (Å²) in [6.45, 7) is 7.41. The topological polar surface area (TPSA) is 121 Å². The van der Waals surface area contributed by atoms with Gasteiger partial charge in [-0.25, -0.2) is 0 Å². The summed E-state index contributed by atoms with van der Waals surface area (Å²) in [4.78, 5) is 10.8. The molecule has 142 valence electrons. The number of hydrogen-bond acceptors (Lipinski definition) is 7. The minimum Gasteiger partial charge on any atom is -0.483 e. The smallest absolute Gasteiger partial charge is 0.290 e. The van der Waals surface area contributed by atoms with Gasteiger partial charge >= 0.3 is 0 Å². The van der Waals surface area contributed by atoms with Crippen LogP contribution in [-0.4, -0.2) is 85.0 Å². The van der Waals surface area contributed by atoms with E-state index >= 15 is 0 Å². The Labute approximate surface area is 147 Å². The number of likely N-dealkylation sites (tertiary alicyclic amines) is 1. The van der Waals surface area contributed by atoms with E-state index in [0.29, 0.717) is 6.42 Å². The van der Waals surface area contributed by atoms with Crippen molar-refractivity contribution in [2.24, 2.45) is 0 Å². The van der Waals surface area contributed by atoms with Crippen molar-refractivity contribution in [3.8, 4) is 0 Å². The fraction of sp³-hybridized carbons (Fsp3) is 0.812. The second-order valence-electron chi connectivity index (χ2n) is 7.06. The molecule has 9 nitrogen and oxygen atoms in total. The molecule has 1 spiro atoms. The van der Waals surface area contributed by atoms with Crippen molar-refractivity contribution in [3.05, 3.63) is 12.2 Å². The van der Waals surface area contributed by atoms with Crippen LogP contribution in [0.5, 0.6) is 0 Å². The highest BCUT2D eigenvalue weighted by Crippen LogP contribution is 2.39. The fourth-order valence-corrected chi connectivity index (χ4v) is 3.54. The van der Waals surface area contributed by atoms with E-state index in [-0.39, 0.29) is 18.7 Å². The van der Waals surface area contributed by atoms with Crippen molar-refractivity contribution in [1.29, 1.82) is 0 Å². The molecule has 1 aromatic heterocycles. The highest BCUT2D eigenvalue weighted by atomic mass is 16.5. The Balaban J connectivity index is 0.000000701. The average molecular weight is 356 g/mol. The van der Waals surface area contributed by atoms with Gasteiger partial charge in [-0.2, -0.15) is 0 Å². The quantitative estimate of drug-likeness (QED) is 0.629. The van der Waals surface area contributed by atoms with Gasteiger partial charge in [0.05, 0.1) is 17.8 Å². The first-order chi connectivity index (χ1) is 11.8. The molecule has 9 heteroatoms. The molecule has 3 heterocycles. The lowest BCUT2D eigenvalue weighted by Gasteiger charge is -2.50. The number of piperidine rings is 1. The zero-order valence-electron chi connectivity index (χ0n) is 14.8. The van der Waals surface area contributed by atoms with E-state index in [1.165, 1.54) is 0 Å². The van der Waals surface area contributed by atoms with Crippen LogP contribution in [0.15, 0.2) is 6.33 Å². The largest absolute Gasteiger partial charge is 0.483 e. The Hall–Kier alpha value is -1.55. The number of rotatable bonds is 3. The fourth-order valence-electron chi connectivity index (χ4n) is 3.54. The van der Waals surface area contributed by atoms with Gasteiger partial charge in [0.15, 0.2) is 0 Å². The van der Waals surface area contributed by atoms with Crippen LogP contribution in [0.3, 0.4) is 0 Å². The number of aryl methyl sites for hydroxylation is 1. The van der Waals surface area contributed by atoms with Crippen molar-refractivity contribution in [2.45, 2.75) is 57.0 Å². The first kappa shape index (κ1) is 19.8. The van der Waals surface area contributed by atoms with Crippen molar-refractivity contribution in [3.63, 3.8) is 0 Å². The molecule has 2 atom stereocenters. The second-order valence-corrected chi connectivity index (χ2v) is 7.06. The van der Waals surface area contributed by atoms with Crippen LogP contribution in [0.2, 0.25) is 0 Å². The first-order valence-electron chi connectivity index (χ1n) is 8.51. The third kappa shape index (κ3) is 4.97. The standard InChI is InChI=1S/C15H26N4O3.CH2O2/c1-12-17-16-11-19(12)8-7-18-5-3-15(4-6-18)10-14(2,21)13(20)9-22-15;2-1-3/h11,13,20-21H,3-10H2,1-2H3;1H,(H,2,3)/t13-,14-;/m0./s1. The van der Waals surface area contributed by atoms with Gasteiger partial charge in [-0.3, -0.25) is 4.79 Å². The summed E-state index contributed by atoms with van der Waals surface area (Å²) in [5, 5.41) is 34.9. The molecule has 2 fully saturated rings. The van der Waals surface area contributed by atoms with E-state index in [4.69, 9.17) is 14.6 Å². The second kappa shape index (κ2) is 8.22. The highest BCUT2D eigenvalue weighted by Gasteiger charge is 2.48. The Bertz CT molecular complexity index is 554. The van der Waals surface area contributed by atoms with Crippen molar-refractivity contribution >= 4 is 6.47 Å². The van der Waals surface area contributed by atoms with Gasteiger partial charge in [-0.15, -0.1) is 10.2 Å². The van der Waals surface area contributed by atoms with Gasteiger partial charge in [-0.05, 0) is 26.7 Å². The minimum absolute atomic E-state index is 0.229. The summed E-state index contributed by atoms with van der Waals surface area (Å²) >= 11 is 0. The maximum absolute atomic E-state index is 10.3. The molecular formula is C16H28N4O5. The Kier molecular flexibility index (Phi) is 6.50. The number of ether oxygens (including phenoxy) is 1. The van der Waals surface area contributed by atoms with Gasteiger partial charge in [0.1, 0.15) is 18.3 Å². The number of aromatic nitrogens is 3. The lowest BCUT2D eigenvalue weighted by Crippen LogP contribution is -2.59. The summed E-state index contributed by atoms with van der Waals surface area (Å²) in [6, 6.07) is 0. The zero-order valence-corrected chi connectivity index (χ0v) is 14.8. The minimum atomic E-state index is -1.04. The van der Waals surface area contributed by atoms with E-state index in [2.05, 4.69) is 19.7 Å². The van der Waals surface area contributed by atoms with Crippen LogP contribution in [0.1, 0.15) is 32.0 Å². The summed E-state index contributed by atoms with van der Waals surface area (Å²) in [5.74, 6) is 0.939. The van der Waals surface area contributed by atoms with Crippen LogP contribution in [0.4, 0.5) is 0 Å². The number of nitrogens with zero attached hydrogens (tertiary/aromatic N) is 4. The molecule has 0 unspecified atom stereocenters. The normalized spacial score (nSPS) is 29.0. The molecule has 3 N–H and O–H groups in total. The maximum Gasteiger partial charge on any atom is 0.290 e. The van der Waals surface area contributed by atoms with Crippen LogP contribution < -0.4 is 0 Å². The van der Waals surface area contributed by atoms with Gasteiger partial charge in [0.25, 0.3) is 6.47 Å². The lowest BCUT2D eigenvalue weighted by molar-refractivity contribution is -0.223. The highest BCUT2D eigenvalue weighted by molar-refractivity contribution is 5.32. The van der Waals surface area contributed by atoms with Gasteiger partial charge < -0.3 is 29.5 Å². The predicted molar refractivity (Wildman–Crippen MR) is 89.1 cm³/mol. The van der Waals surface area contributed by atoms with E-state index < -0.39 is 11.7 Å². The van der Waals surface area contributed by atoms with Gasteiger partial charge in [0.2, 0.25) is 0 Å². The lowest BCUT2D eigenvalue weighted by atomic mass is 9.76. The van der Waals surface area contributed by atoms with E-state index in [0.717, 1.165) is 44.8 Å². The van der Waals surface area contributed by atoms with Crippen molar-refractivity contribution in [1.82, 2.24) is 19.7 Å². The summed E-state index contributed by atoms with van der Waals surface area (Å²) in [7, 11) is 0. The molecule has 2 saturated heterocycles. The van der Waals surface area contributed by atoms with Crippen molar-refractivity contribution in [2.75, 3.05) is 26.2 Å². The zero-order chi connectivity index (χ0) is 18.5. The van der Waals surface area contributed by atoms with Gasteiger partial charge in [0, 0.05) is 32.6 Å². The Morgan fingerprint density at radius 3 is 2.56 bits per heavy atom. The summed E-state index contributed by atoms with van der Waals surface area (Å²) in [6.07, 6.45) is 3.30. The first-order valence-corrected chi connectivity index (χ1v) is 8.51. The van der Waals surface area contributed by atoms with Crippen LogP contribution in [0, 0.1) is 6.92 Å². The molecular weight excluding hydrogens is 328 g/mol. The number of aliphatic hydroxyl groups excluding tert-OH is 1. The third-order valence-electron chi connectivity index (χ3n) is 5.18. The Morgan fingerprint density at radius 1 is 1.40 bits per heavy atom. The van der Waals surface area contributed by atoms with Crippen LogP contribution >= 0.6 is 0 Å². The summed E-state index contributed by atoms with van der Waals surface area (Å²) < 4.78 is 7.97. The number of hydrogen-bond donors (Lipinski definition) is 3. The molecule has 0 aromatic carbocycles. The molecule has 0 amide bonds. The van der Waals surface area contributed by atoms with Crippen LogP contribution in [0.25, 0.3) is 0 Å². The number of carboxylic acid groups (broad SMARTS) is 1. The molecule has 0 radical (unpaired) electrons. The number of carbonyl (C=O) groups is 1.